The predicted octanol–water partition coefficient (Wildman–Crippen LogP) is -1.32. The maximum atomic E-state index is 11.6. The van der Waals surface area contributed by atoms with E-state index in [1.807, 2.05) is 0 Å². The van der Waals surface area contributed by atoms with E-state index in [-0.39, 0.29) is 18.9 Å². The molecule has 0 radical (unpaired) electrons. The van der Waals surface area contributed by atoms with Crippen molar-refractivity contribution >= 4 is 15.9 Å². The number of rotatable bonds is 5. The van der Waals surface area contributed by atoms with Gasteiger partial charge in [0.15, 0.2) is 5.75 Å². The van der Waals surface area contributed by atoms with Gasteiger partial charge in [-0.25, -0.2) is 13.1 Å². The number of nitriles is 1. The first-order valence-electron chi connectivity index (χ1n) is 5.25. The normalized spacial score (nSPS) is 16.5. The Kier molecular flexibility index (Phi) is 5.34. The van der Waals surface area contributed by atoms with E-state index in [9.17, 15) is 13.2 Å². The molecule has 0 aromatic rings. The summed E-state index contributed by atoms with van der Waals surface area (Å²) >= 11 is 0. The Balaban J connectivity index is 2.26. The average molecular weight is 261 g/mol. The second-order valence-corrected chi connectivity index (χ2v) is 5.36. The van der Waals surface area contributed by atoms with E-state index in [0.29, 0.717) is 26.3 Å². The summed E-state index contributed by atoms with van der Waals surface area (Å²) in [5.41, 5.74) is 0. The van der Waals surface area contributed by atoms with Crippen LogP contribution in [0.25, 0.3) is 0 Å². The zero-order valence-corrected chi connectivity index (χ0v) is 10.2. The van der Waals surface area contributed by atoms with Crippen molar-refractivity contribution in [3.05, 3.63) is 0 Å². The van der Waals surface area contributed by atoms with Crippen molar-refractivity contribution < 1.29 is 17.9 Å². The summed E-state index contributed by atoms with van der Waals surface area (Å²) in [6, 6.07) is 1.55. The Morgan fingerprint density at radius 3 is 2.65 bits per heavy atom. The molecule has 96 valence electrons. The van der Waals surface area contributed by atoms with E-state index in [2.05, 4.69) is 4.72 Å². The number of hydrogen-bond acceptors (Lipinski definition) is 5. The third-order valence-electron chi connectivity index (χ3n) is 2.28. The zero-order valence-electron chi connectivity index (χ0n) is 9.39. The molecule has 1 N–H and O–H groups in total. The first-order valence-corrected chi connectivity index (χ1v) is 6.90. The third-order valence-corrected chi connectivity index (χ3v) is 3.43. The molecule has 1 fully saturated rings. The highest BCUT2D eigenvalue weighted by Gasteiger charge is 2.17. The summed E-state index contributed by atoms with van der Waals surface area (Å²) in [5.74, 6) is -0.688. The standard InChI is InChI=1S/C9H15N3O4S/c10-2-8-17(14,15)11-3-1-9(13)12-4-6-16-7-5-12/h11H,1,3-8H2. The molecule has 7 nitrogen and oxygen atoms in total. The fourth-order valence-electron chi connectivity index (χ4n) is 1.42. The van der Waals surface area contributed by atoms with Gasteiger partial charge in [-0.3, -0.25) is 4.79 Å². The largest absolute Gasteiger partial charge is 0.378 e. The van der Waals surface area contributed by atoms with Crippen LogP contribution >= 0.6 is 0 Å². The molecule has 1 amide bonds. The van der Waals surface area contributed by atoms with Gasteiger partial charge in [0, 0.05) is 26.1 Å². The smallest absolute Gasteiger partial charge is 0.225 e. The van der Waals surface area contributed by atoms with E-state index in [0.717, 1.165) is 0 Å². The summed E-state index contributed by atoms with van der Waals surface area (Å²) in [5, 5.41) is 8.26. The number of hydrogen-bond donors (Lipinski definition) is 1. The zero-order chi connectivity index (χ0) is 12.7. The van der Waals surface area contributed by atoms with Crippen molar-refractivity contribution in [1.82, 2.24) is 9.62 Å². The van der Waals surface area contributed by atoms with E-state index in [1.165, 1.54) is 0 Å². The van der Waals surface area contributed by atoms with Crippen LogP contribution in [0.15, 0.2) is 0 Å². The van der Waals surface area contributed by atoms with Crippen molar-refractivity contribution in [2.24, 2.45) is 0 Å². The lowest BCUT2D eigenvalue weighted by Crippen LogP contribution is -2.42. The predicted molar refractivity (Wildman–Crippen MR) is 59.4 cm³/mol. The van der Waals surface area contributed by atoms with Crippen molar-refractivity contribution in [3.63, 3.8) is 0 Å². The Morgan fingerprint density at radius 1 is 1.41 bits per heavy atom. The molecule has 0 spiro atoms. The molecule has 0 saturated carbocycles. The Hall–Kier alpha value is -1.17. The minimum Gasteiger partial charge on any atom is -0.378 e. The summed E-state index contributed by atoms with van der Waals surface area (Å²) in [4.78, 5) is 13.3. The van der Waals surface area contributed by atoms with Gasteiger partial charge >= 0.3 is 0 Å². The minimum atomic E-state index is -3.56. The molecular formula is C9H15N3O4S. The number of ether oxygens (including phenoxy) is 1. The van der Waals surface area contributed by atoms with Crippen LogP contribution < -0.4 is 4.72 Å². The van der Waals surface area contributed by atoms with E-state index >= 15 is 0 Å². The van der Waals surface area contributed by atoms with Crippen molar-refractivity contribution in [3.8, 4) is 6.07 Å². The van der Waals surface area contributed by atoms with E-state index in [1.54, 1.807) is 11.0 Å². The monoisotopic (exact) mass is 261 g/mol. The van der Waals surface area contributed by atoms with E-state index < -0.39 is 15.8 Å². The first-order chi connectivity index (χ1) is 8.05. The number of sulfonamides is 1. The van der Waals surface area contributed by atoms with Crippen LogP contribution in [0.4, 0.5) is 0 Å². The van der Waals surface area contributed by atoms with Gasteiger partial charge in [0.2, 0.25) is 15.9 Å². The molecule has 0 unspecified atom stereocenters. The topological polar surface area (TPSA) is 99.5 Å². The van der Waals surface area contributed by atoms with E-state index in [4.69, 9.17) is 10.00 Å². The molecule has 0 bridgehead atoms. The van der Waals surface area contributed by atoms with Crippen LogP contribution in [0, 0.1) is 11.3 Å². The number of amides is 1. The first kappa shape index (κ1) is 13.9. The Morgan fingerprint density at radius 2 is 2.06 bits per heavy atom. The molecule has 0 aliphatic carbocycles. The Bertz CT molecular complexity index is 395. The van der Waals surface area contributed by atoms with Crippen LogP contribution in [0.5, 0.6) is 0 Å². The van der Waals surface area contributed by atoms with Crippen LogP contribution in [-0.4, -0.2) is 57.8 Å². The third kappa shape index (κ3) is 5.12. The highest BCUT2D eigenvalue weighted by molar-refractivity contribution is 7.89. The number of morpholine rings is 1. The molecular weight excluding hydrogens is 246 g/mol. The maximum absolute atomic E-state index is 11.6. The lowest BCUT2D eigenvalue weighted by molar-refractivity contribution is -0.135. The number of nitrogens with one attached hydrogen (secondary N) is 1. The number of carbonyl (C=O) groups excluding carboxylic acids is 1. The number of carbonyl (C=O) groups is 1. The summed E-state index contributed by atoms with van der Waals surface area (Å²) in [7, 11) is -3.56. The molecule has 1 aliphatic heterocycles. The van der Waals surface area contributed by atoms with Gasteiger partial charge in [-0.15, -0.1) is 0 Å². The lowest BCUT2D eigenvalue weighted by Gasteiger charge is -2.26. The van der Waals surface area contributed by atoms with Crippen LogP contribution in [0.2, 0.25) is 0 Å². The molecule has 1 heterocycles. The summed E-state index contributed by atoms with van der Waals surface area (Å²) in [6.45, 7) is 2.16. The molecule has 0 aromatic heterocycles. The van der Waals surface area contributed by atoms with Gasteiger partial charge in [-0.05, 0) is 0 Å². The molecule has 1 saturated heterocycles. The second kappa shape index (κ2) is 6.54. The van der Waals surface area contributed by atoms with Crippen molar-refractivity contribution in [1.29, 1.82) is 5.26 Å². The van der Waals surface area contributed by atoms with Gasteiger partial charge < -0.3 is 9.64 Å². The van der Waals surface area contributed by atoms with Gasteiger partial charge in [0.1, 0.15) is 0 Å². The summed E-state index contributed by atoms with van der Waals surface area (Å²) in [6.07, 6.45) is 0.102. The molecule has 17 heavy (non-hydrogen) atoms. The Labute approximate surface area is 100 Å². The maximum Gasteiger partial charge on any atom is 0.225 e. The van der Waals surface area contributed by atoms with Gasteiger partial charge in [0.05, 0.1) is 19.3 Å². The highest BCUT2D eigenvalue weighted by atomic mass is 32.2. The molecule has 1 aliphatic rings. The SMILES string of the molecule is N#CCS(=O)(=O)NCCC(=O)N1CCOCC1. The van der Waals surface area contributed by atoms with Crippen LogP contribution in [0.1, 0.15) is 6.42 Å². The van der Waals surface area contributed by atoms with Crippen LogP contribution in [-0.2, 0) is 19.6 Å². The second-order valence-electron chi connectivity index (χ2n) is 3.55. The fraction of sp³-hybridized carbons (Fsp3) is 0.778. The quantitative estimate of drug-likeness (QED) is 0.661. The number of nitrogens with zero attached hydrogens (tertiary/aromatic N) is 2. The van der Waals surface area contributed by atoms with Gasteiger partial charge in [0.25, 0.3) is 0 Å². The molecule has 1 rings (SSSR count). The van der Waals surface area contributed by atoms with Crippen molar-refractivity contribution in [2.45, 2.75) is 6.42 Å². The fourth-order valence-corrected chi connectivity index (χ4v) is 2.11. The molecule has 0 atom stereocenters. The average Bonchev–Trinajstić information content (AvgIpc) is 2.29. The van der Waals surface area contributed by atoms with Crippen LogP contribution in [0.3, 0.4) is 0 Å². The lowest BCUT2D eigenvalue weighted by atomic mass is 10.3. The summed E-state index contributed by atoms with van der Waals surface area (Å²) < 4.78 is 29.5. The molecule has 8 heteroatoms. The highest BCUT2D eigenvalue weighted by Crippen LogP contribution is 1.99. The van der Waals surface area contributed by atoms with Gasteiger partial charge in [-0.2, -0.15) is 5.26 Å². The van der Waals surface area contributed by atoms with Crippen molar-refractivity contribution in [2.75, 3.05) is 38.6 Å². The molecule has 0 aromatic carbocycles. The van der Waals surface area contributed by atoms with Gasteiger partial charge in [-0.1, -0.05) is 0 Å². The minimum absolute atomic E-state index is 0.0280.